The zero-order valence-corrected chi connectivity index (χ0v) is 9.73. The fourth-order valence-electron chi connectivity index (χ4n) is 2.43. The van der Waals surface area contributed by atoms with Crippen LogP contribution in [0.4, 0.5) is 5.82 Å². The lowest BCUT2D eigenvalue weighted by molar-refractivity contribution is 0.772. The molecule has 2 aromatic rings. The smallest absolute Gasteiger partial charge is 0.252 e. The molecule has 0 saturated heterocycles. The van der Waals surface area contributed by atoms with Crippen molar-refractivity contribution in [2.24, 2.45) is 0 Å². The summed E-state index contributed by atoms with van der Waals surface area (Å²) in [5.41, 5.74) is 3.41. The van der Waals surface area contributed by atoms with Crippen molar-refractivity contribution in [3.05, 3.63) is 52.3 Å². The first kappa shape index (κ1) is 10.1. The number of hydrogen-bond acceptors (Lipinski definition) is 2. The average Bonchev–Trinajstić information content (AvgIpc) is 2.79. The largest absolute Gasteiger partial charge is 0.369 e. The molecule has 1 aliphatic heterocycles. The van der Waals surface area contributed by atoms with Crippen molar-refractivity contribution < 1.29 is 0 Å². The SMILES string of the molecule is Cc1cc(=O)n2c(c1-c1ccccc1)NCC2. The van der Waals surface area contributed by atoms with Crippen LogP contribution in [0.25, 0.3) is 11.1 Å². The summed E-state index contributed by atoms with van der Waals surface area (Å²) >= 11 is 0. The van der Waals surface area contributed by atoms with Crippen LogP contribution in [0.3, 0.4) is 0 Å². The van der Waals surface area contributed by atoms with E-state index in [4.69, 9.17) is 0 Å². The summed E-state index contributed by atoms with van der Waals surface area (Å²) in [5, 5.41) is 3.31. The van der Waals surface area contributed by atoms with Crippen molar-refractivity contribution in [1.29, 1.82) is 0 Å². The minimum atomic E-state index is 0.0854. The summed E-state index contributed by atoms with van der Waals surface area (Å²) in [6.45, 7) is 3.58. The van der Waals surface area contributed by atoms with E-state index in [9.17, 15) is 4.79 Å². The Hall–Kier alpha value is -2.03. The van der Waals surface area contributed by atoms with Gasteiger partial charge in [0, 0.05) is 24.7 Å². The van der Waals surface area contributed by atoms with Gasteiger partial charge in [-0.2, -0.15) is 0 Å². The van der Waals surface area contributed by atoms with Crippen molar-refractivity contribution in [2.75, 3.05) is 11.9 Å². The first-order valence-corrected chi connectivity index (χ1v) is 5.81. The van der Waals surface area contributed by atoms with E-state index in [1.54, 1.807) is 6.07 Å². The van der Waals surface area contributed by atoms with Crippen molar-refractivity contribution in [1.82, 2.24) is 4.57 Å². The Morgan fingerprint density at radius 3 is 2.76 bits per heavy atom. The molecule has 1 aliphatic rings. The monoisotopic (exact) mass is 226 g/mol. The number of benzene rings is 1. The summed E-state index contributed by atoms with van der Waals surface area (Å²) in [7, 11) is 0. The second kappa shape index (κ2) is 3.77. The lowest BCUT2D eigenvalue weighted by Crippen LogP contribution is -2.17. The number of rotatable bonds is 1. The van der Waals surface area contributed by atoms with Crippen molar-refractivity contribution >= 4 is 5.82 Å². The molecule has 0 unspecified atom stereocenters. The predicted molar refractivity (Wildman–Crippen MR) is 69.4 cm³/mol. The minimum absolute atomic E-state index is 0.0854. The molecule has 86 valence electrons. The summed E-state index contributed by atoms with van der Waals surface area (Å²) in [6, 6.07) is 11.9. The van der Waals surface area contributed by atoms with Gasteiger partial charge in [-0.05, 0) is 18.1 Å². The Morgan fingerprint density at radius 1 is 1.24 bits per heavy atom. The number of nitrogens with zero attached hydrogens (tertiary/aromatic N) is 1. The van der Waals surface area contributed by atoms with Crippen LogP contribution in [0, 0.1) is 6.92 Å². The highest BCUT2D eigenvalue weighted by Crippen LogP contribution is 2.31. The van der Waals surface area contributed by atoms with Gasteiger partial charge in [0.25, 0.3) is 5.56 Å². The van der Waals surface area contributed by atoms with Gasteiger partial charge in [0.2, 0.25) is 0 Å². The Balaban J connectivity index is 2.31. The fourth-order valence-corrected chi connectivity index (χ4v) is 2.43. The Morgan fingerprint density at radius 2 is 2.00 bits per heavy atom. The van der Waals surface area contributed by atoms with Gasteiger partial charge in [0.05, 0.1) is 0 Å². The first-order valence-electron chi connectivity index (χ1n) is 5.81. The van der Waals surface area contributed by atoms with Crippen LogP contribution in [0.1, 0.15) is 5.56 Å². The molecular formula is C14H14N2O. The molecule has 0 amide bonds. The molecule has 0 spiro atoms. The zero-order valence-electron chi connectivity index (χ0n) is 9.73. The van der Waals surface area contributed by atoms with E-state index in [0.717, 1.165) is 35.6 Å². The minimum Gasteiger partial charge on any atom is -0.369 e. The molecule has 17 heavy (non-hydrogen) atoms. The van der Waals surface area contributed by atoms with E-state index in [2.05, 4.69) is 17.4 Å². The molecule has 0 atom stereocenters. The molecule has 1 aromatic heterocycles. The summed E-state index contributed by atoms with van der Waals surface area (Å²) in [4.78, 5) is 11.8. The number of hydrogen-bond donors (Lipinski definition) is 1. The van der Waals surface area contributed by atoms with E-state index in [1.165, 1.54) is 0 Å². The molecule has 0 aliphatic carbocycles. The number of fused-ring (bicyclic) bond motifs is 1. The van der Waals surface area contributed by atoms with Crippen LogP contribution in [0.15, 0.2) is 41.2 Å². The topological polar surface area (TPSA) is 34.0 Å². The van der Waals surface area contributed by atoms with Gasteiger partial charge in [-0.1, -0.05) is 30.3 Å². The normalized spacial score (nSPS) is 13.2. The van der Waals surface area contributed by atoms with Crippen LogP contribution < -0.4 is 10.9 Å². The van der Waals surface area contributed by atoms with Gasteiger partial charge in [-0.15, -0.1) is 0 Å². The molecular weight excluding hydrogens is 212 g/mol. The van der Waals surface area contributed by atoms with Crippen LogP contribution in [0.5, 0.6) is 0 Å². The molecule has 1 aromatic carbocycles. The van der Waals surface area contributed by atoms with Gasteiger partial charge >= 0.3 is 0 Å². The van der Waals surface area contributed by atoms with E-state index in [1.807, 2.05) is 29.7 Å². The van der Waals surface area contributed by atoms with Gasteiger partial charge < -0.3 is 5.32 Å². The molecule has 3 heteroatoms. The van der Waals surface area contributed by atoms with Crippen LogP contribution >= 0.6 is 0 Å². The van der Waals surface area contributed by atoms with Crippen LogP contribution in [0.2, 0.25) is 0 Å². The zero-order chi connectivity index (χ0) is 11.8. The molecule has 0 saturated carbocycles. The third-order valence-electron chi connectivity index (χ3n) is 3.20. The van der Waals surface area contributed by atoms with E-state index in [0.29, 0.717) is 0 Å². The van der Waals surface area contributed by atoms with Gasteiger partial charge in [-0.25, -0.2) is 0 Å². The Bertz CT molecular complexity index is 614. The van der Waals surface area contributed by atoms with Gasteiger partial charge in [0.15, 0.2) is 0 Å². The second-order valence-electron chi connectivity index (χ2n) is 4.33. The second-order valence-corrected chi connectivity index (χ2v) is 4.33. The average molecular weight is 226 g/mol. The number of nitrogens with one attached hydrogen (secondary N) is 1. The first-order chi connectivity index (χ1) is 8.27. The lowest BCUT2D eigenvalue weighted by Gasteiger charge is -2.12. The maximum absolute atomic E-state index is 11.8. The number of pyridine rings is 1. The molecule has 2 heterocycles. The van der Waals surface area contributed by atoms with Gasteiger partial charge in [-0.3, -0.25) is 9.36 Å². The third-order valence-corrected chi connectivity index (χ3v) is 3.20. The highest BCUT2D eigenvalue weighted by molar-refractivity contribution is 5.79. The van der Waals surface area contributed by atoms with Crippen molar-refractivity contribution in [3.8, 4) is 11.1 Å². The standard InChI is InChI=1S/C14H14N2O/c1-10-9-12(17)16-8-7-15-14(16)13(10)11-5-3-2-4-6-11/h2-6,9,15H,7-8H2,1H3. The van der Waals surface area contributed by atoms with E-state index >= 15 is 0 Å². The highest BCUT2D eigenvalue weighted by Gasteiger charge is 2.18. The van der Waals surface area contributed by atoms with Gasteiger partial charge in [0.1, 0.15) is 5.82 Å². The lowest BCUT2D eigenvalue weighted by atomic mass is 10.0. The maximum Gasteiger partial charge on any atom is 0.252 e. The third kappa shape index (κ3) is 1.55. The molecule has 3 nitrogen and oxygen atoms in total. The molecule has 0 radical (unpaired) electrons. The van der Waals surface area contributed by atoms with Crippen LogP contribution in [-0.2, 0) is 6.54 Å². The maximum atomic E-state index is 11.8. The molecule has 1 N–H and O–H groups in total. The molecule has 0 bridgehead atoms. The van der Waals surface area contributed by atoms with E-state index in [-0.39, 0.29) is 5.56 Å². The summed E-state index contributed by atoms with van der Waals surface area (Å²) in [6.07, 6.45) is 0. The fraction of sp³-hybridized carbons (Fsp3) is 0.214. The quantitative estimate of drug-likeness (QED) is 0.809. The van der Waals surface area contributed by atoms with Crippen LogP contribution in [-0.4, -0.2) is 11.1 Å². The molecule has 0 fully saturated rings. The van der Waals surface area contributed by atoms with Crippen molar-refractivity contribution in [3.63, 3.8) is 0 Å². The predicted octanol–water partition coefficient (Wildman–Crippen LogP) is 2.25. The van der Waals surface area contributed by atoms with Crippen molar-refractivity contribution in [2.45, 2.75) is 13.5 Å². The number of aromatic nitrogens is 1. The number of aryl methyl sites for hydroxylation is 1. The highest BCUT2D eigenvalue weighted by atomic mass is 16.1. The summed E-state index contributed by atoms with van der Waals surface area (Å²) in [5.74, 6) is 0.959. The Labute approximate surface area is 99.7 Å². The summed E-state index contributed by atoms with van der Waals surface area (Å²) < 4.78 is 1.81. The van der Waals surface area contributed by atoms with E-state index < -0.39 is 0 Å². The number of anilines is 1. The molecule has 3 rings (SSSR count). The Kier molecular flexibility index (Phi) is 2.25.